The summed E-state index contributed by atoms with van der Waals surface area (Å²) >= 11 is 0. The van der Waals surface area contributed by atoms with E-state index in [9.17, 15) is 0 Å². The van der Waals surface area contributed by atoms with Gasteiger partial charge in [0.1, 0.15) is 5.82 Å². The van der Waals surface area contributed by atoms with Crippen LogP contribution in [0.15, 0.2) is 55.1 Å². The number of aryl methyl sites for hydroxylation is 2. The zero-order valence-electron chi connectivity index (χ0n) is 16.0. The Kier molecular flexibility index (Phi) is 5.58. The molecule has 1 aliphatic rings. The minimum absolute atomic E-state index is 0.377. The Labute approximate surface area is 161 Å². The fraction of sp³-hybridized carbons (Fsp3) is 0.409. The van der Waals surface area contributed by atoms with Crippen molar-refractivity contribution in [2.45, 2.75) is 45.1 Å². The highest BCUT2D eigenvalue weighted by molar-refractivity contribution is 5.24. The highest BCUT2D eigenvalue weighted by Crippen LogP contribution is 2.31. The second kappa shape index (κ2) is 8.44. The number of imidazole rings is 1. The van der Waals surface area contributed by atoms with E-state index in [1.54, 1.807) is 0 Å². The van der Waals surface area contributed by atoms with Gasteiger partial charge in [-0.05, 0) is 44.3 Å². The van der Waals surface area contributed by atoms with Crippen LogP contribution in [-0.2, 0) is 12.8 Å². The molecule has 1 fully saturated rings. The van der Waals surface area contributed by atoms with E-state index >= 15 is 0 Å². The first-order valence-electron chi connectivity index (χ1n) is 9.97. The Hall–Kier alpha value is -2.53. The number of rotatable bonds is 7. The monoisotopic (exact) mass is 361 g/mol. The van der Waals surface area contributed by atoms with Crippen molar-refractivity contribution in [1.29, 1.82) is 0 Å². The van der Waals surface area contributed by atoms with Gasteiger partial charge in [-0.1, -0.05) is 37.3 Å². The quantitative estimate of drug-likeness (QED) is 0.638. The lowest BCUT2D eigenvalue weighted by atomic mass is 10.1. The molecule has 0 unspecified atom stereocenters. The highest BCUT2D eigenvalue weighted by Gasteiger charge is 2.27. The lowest BCUT2D eigenvalue weighted by Crippen LogP contribution is -2.25. The van der Waals surface area contributed by atoms with E-state index in [1.807, 2.05) is 29.4 Å². The van der Waals surface area contributed by atoms with Crippen LogP contribution in [0.3, 0.4) is 0 Å². The van der Waals surface area contributed by atoms with Crippen molar-refractivity contribution in [1.82, 2.24) is 24.4 Å². The number of aromatic nitrogens is 4. The molecule has 4 rings (SSSR count). The molecule has 0 saturated carbocycles. The zero-order chi connectivity index (χ0) is 18.5. The Balaban J connectivity index is 1.45. The Morgan fingerprint density at radius 2 is 2.04 bits per heavy atom. The molecule has 0 radical (unpaired) electrons. The molecule has 0 bridgehead atoms. The minimum atomic E-state index is 0.377. The van der Waals surface area contributed by atoms with Crippen molar-refractivity contribution in [3.8, 4) is 5.82 Å². The number of benzene rings is 1. The topological polar surface area (TPSA) is 46.8 Å². The molecule has 1 aromatic carbocycles. The molecule has 1 saturated heterocycles. The molecule has 5 nitrogen and oxygen atoms in total. The smallest absolute Gasteiger partial charge is 0.156 e. The van der Waals surface area contributed by atoms with Crippen molar-refractivity contribution < 1.29 is 0 Å². The average molecular weight is 361 g/mol. The predicted octanol–water partition coefficient (Wildman–Crippen LogP) is 3.99. The third-order valence-electron chi connectivity index (χ3n) is 5.38. The summed E-state index contributed by atoms with van der Waals surface area (Å²) in [6, 6.07) is 11.1. The van der Waals surface area contributed by atoms with Gasteiger partial charge in [0.15, 0.2) is 5.82 Å². The van der Waals surface area contributed by atoms with Crippen molar-refractivity contribution in [3.63, 3.8) is 0 Å². The van der Waals surface area contributed by atoms with Crippen LogP contribution in [0.4, 0.5) is 0 Å². The molecule has 1 aliphatic heterocycles. The molecule has 27 heavy (non-hydrogen) atoms. The summed E-state index contributed by atoms with van der Waals surface area (Å²) in [5.41, 5.74) is 2.50. The summed E-state index contributed by atoms with van der Waals surface area (Å²) in [5.74, 6) is 1.89. The molecular weight excluding hydrogens is 334 g/mol. The van der Waals surface area contributed by atoms with Crippen molar-refractivity contribution in [3.05, 3.63) is 72.2 Å². The Morgan fingerprint density at radius 3 is 2.89 bits per heavy atom. The summed E-state index contributed by atoms with van der Waals surface area (Å²) in [6.07, 6.45) is 13.2. The Morgan fingerprint density at radius 1 is 1.15 bits per heavy atom. The fourth-order valence-electron chi connectivity index (χ4n) is 4.01. The number of hydrogen-bond donors (Lipinski definition) is 0. The third-order valence-corrected chi connectivity index (χ3v) is 5.38. The van der Waals surface area contributed by atoms with Gasteiger partial charge in [-0.15, -0.1) is 0 Å². The van der Waals surface area contributed by atoms with E-state index in [1.165, 1.54) is 18.4 Å². The van der Waals surface area contributed by atoms with E-state index in [0.717, 1.165) is 49.7 Å². The van der Waals surface area contributed by atoms with Gasteiger partial charge in [-0.25, -0.2) is 9.97 Å². The first kappa shape index (κ1) is 17.9. The SMILES string of the molecule is CCc1nccn1-c1cncc([C@H]2CCCN2CCCc2ccccc2)n1. The van der Waals surface area contributed by atoms with Crippen molar-refractivity contribution >= 4 is 0 Å². The summed E-state index contributed by atoms with van der Waals surface area (Å²) < 4.78 is 2.05. The molecule has 1 atom stereocenters. The van der Waals surface area contributed by atoms with Gasteiger partial charge in [-0.3, -0.25) is 14.5 Å². The van der Waals surface area contributed by atoms with E-state index < -0.39 is 0 Å². The lowest BCUT2D eigenvalue weighted by molar-refractivity contribution is 0.249. The summed E-state index contributed by atoms with van der Waals surface area (Å²) in [4.78, 5) is 16.4. The van der Waals surface area contributed by atoms with Gasteiger partial charge in [0, 0.05) is 18.8 Å². The van der Waals surface area contributed by atoms with Gasteiger partial charge in [0.2, 0.25) is 0 Å². The Bertz CT molecular complexity index is 858. The largest absolute Gasteiger partial charge is 0.295 e. The van der Waals surface area contributed by atoms with Gasteiger partial charge in [-0.2, -0.15) is 0 Å². The molecule has 140 valence electrons. The maximum atomic E-state index is 4.94. The average Bonchev–Trinajstić information content (AvgIpc) is 3.38. The maximum absolute atomic E-state index is 4.94. The zero-order valence-corrected chi connectivity index (χ0v) is 16.0. The van der Waals surface area contributed by atoms with Crippen molar-refractivity contribution in [2.24, 2.45) is 0 Å². The molecule has 0 aliphatic carbocycles. The van der Waals surface area contributed by atoms with Gasteiger partial charge in [0.05, 0.1) is 24.1 Å². The van der Waals surface area contributed by atoms with Crippen LogP contribution in [0.2, 0.25) is 0 Å². The third kappa shape index (κ3) is 4.08. The summed E-state index contributed by atoms with van der Waals surface area (Å²) in [5, 5.41) is 0. The van der Waals surface area contributed by atoms with E-state index in [2.05, 4.69) is 52.1 Å². The van der Waals surface area contributed by atoms with Gasteiger partial charge < -0.3 is 0 Å². The summed E-state index contributed by atoms with van der Waals surface area (Å²) in [6.45, 7) is 4.37. The number of likely N-dealkylation sites (tertiary alicyclic amines) is 1. The molecule has 3 heterocycles. The molecule has 5 heteroatoms. The number of hydrogen-bond acceptors (Lipinski definition) is 4. The normalized spacial score (nSPS) is 17.4. The van der Waals surface area contributed by atoms with Crippen LogP contribution in [0.5, 0.6) is 0 Å². The molecule has 3 aromatic rings. The van der Waals surface area contributed by atoms with E-state index in [-0.39, 0.29) is 0 Å². The van der Waals surface area contributed by atoms with Crippen LogP contribution in [0, 0.1) is 0 Å². The molecular formula is C22H27N5. The lowest BCUT2D eigenvalue weighted by Gasteiger charge is -2.24. The first-order chi connectivity index (χ1) is 13.3. The minimum Gasteiger partial charge on any atom is -0.295 e. The second-order valence-electron chi connectivity index (χ2n) is 7.15. The van der Waals surface area contributed by atoms with Crippen molar-refractivity contribution in [2.75, 3.05) is 13.1 Å². The van der Waals surface area contributed by atoms with Crippen LogP contribution in [0.25, 0.3) is 5.82 Å². The van der Waals surface area contributed by atoms with E-state index in [0.29, 0.717) is 6.04 Å². The summed E-state index contributed by atoms with van der Waals surface area (Å²) in [7, 11) is 0. The van der Waals surface area contributed by atoms with Crippen LogP contribution < -0.4 is 0 Å². The standard InChI is InChI=1S/C22H27N5/c1-2-21-24-12-15-27(21)22-17-23-16-19(25-22)20-11-7-14-26(20)13-6-10-18-8-4-3-5-9-18/h3-5,8-9,12,15-17,20H,2,6-7,10-11,13-14H2,1H3/t20-/m1/s1. The maximum Gasteiger partial charge on any atom is 0.156 e. The first-order valence-corrected chi connectivity index (χ1v) is 9.97. The second-order valence-corrected chi connectivity index (χ2v) is 7.15. The number of nitrogens with zero attached hydrogens (tertiary/aromatic N) is 5. The van der Waals surface area contributed by atoms with Gasteiger partial charge >= 0.3 is 0 Å². The predicted molar refractivity (Wildman–Crippen MR) is 107 cm³/mol. The molecule has 2 aromatic heterocycles. The van der Waals surface area contributed by atoms with Crippen LogP contribution >= 0.6 is 0 Å². The van der Waals surface area contributed by atoms with E-state index in [4.69, 9.17) is 4.98 Å². The molecule has 0 spiro atoms. The van der Waals surface area contributed by atoms with Crippen LogP contribution in [-0.4, -0.2) is 37.5 Å². The van der Waals surface area contributed by atoms with Crippen LogP contribution in [0.1, 0.15) is 49.3 Å². The van der Waals surface area contributed by atoms with Gasteiger partial charge in [0.25, 0.3) is 0 Å². The molecule has 0 N–H and O–H groups in total. The molecule has 0 amide bonds. The highest BCUT2D eigenvalue weighted by atomic mass is 15.2. The fourth-order valence-corrected chi connectivity index (χ4v) is 4.01.